The first-order valence-electron chi connectivity index (χ1n) is 4.92. The van der Waals surface area contributed by atoms with Gasteiger partial charge in [-0.05, 0) is 0 Å². The first-order valence-corrected chi connectivity index (χ1v) is 6.04. The highest BCUT2D eigenvalue weighted by Gasteiger charge is 2.33. The van der Waals surface area contributed by atoms with E-state index < -0.39 is 5.79 Å². The Morgan fingerprint density at radius 1 is 1.07 bits per heavy atom. The maximum absolute atomic E-state index is 5.77. The topological polar surface area (TPSA) is 18.5 Å². The normalized spacial score (nSPS) is 19.8. The van der Waals surface area contributed by atoms with Gasteiger partial charge in [0.05, 0.1) is 18.5 Å². The summed E-state index contributed by atoms with van der Waals surface area (Å²) in [6.07, 6.45) is 3.96. The van der Waals surface area contributed by atoms with Crippen molar-refractivity contribution < 1.29 is 9.47 Å². The number of alkyl halides is 1. The van der Waals surface area contributed by atoms with Gasteiger partial charge < -0.3 is 9.47 Å². The molecule has 0 saturated heterocycles. The summed E-state index contributed by atoms with van der Waals surface area (Å²) in [4.78, 5) is 0. The van der Waals surface area contributed by atoms with Crippen LogP contribution >= 0.6 is 15.9 Å². The highest BCUT2D eigenvalue weighted by molar-refractivity contribution is 9.09. The zero-order chi connectivity index (χ0) is 10.6. The molecule has 0 unspecified atom stereocenters. The minimum Gasteiger partial charge on any atom is -0.341 e. The summed E-state index contributed by atoms with van der Waals surface area (Å²) in [6.45, 7) is 1.17. The van der Waals surface area contributed by atoms with Crippen LogP contribution in [0.15, 0.2) is 42.5 Å². The Balaban J connectivity index is 2.28. The van der Waals surface area contributed by atoms with E-state index in [0.29, 0.717) is 18.5 Å². The van der Waals surface area contributed by atoms with Crippen molar-refractivity contribution in [1.29, 1.82) is 0 Å². The Morgan fingerprint density at radius 2 is 1.67 bits per heavy atom. The molecule has 80 valence electrons. The highest BCUT2D eigenvalue weighted by Crippen LogP contribution is 2.30. The van der Waals surface area contributed by atoms with Crippen LogP contribution in [0.1, 0.15) is 5.56 Å². The minimum absolute atomic E-state index is 0.584. The summed E-state index contributed by atoms with van der Waals surface area (Å²) >= 11 is 3.46. The molecule has 0 atom stereocenters. The molecule has 0 amide bonds. The molecule has 15 heavy (non-hydrogen) atoms. The van der Waals surface area contributed by atoms with Gasteiger partial charge in [0.2, 0.25) is 5.79 Å². The molecule has 1 aromatic rings. The van der Waals surface area contributed by atoms with E-state index in [1.54, 1.807) is 0 Å². The van der Waals surface area contributed by atoms with E-state index in [1.807, 2.05) is 42.5 Å². The number of halogens is 1. The minimum atomic E-state index is -0.648. The first kappa shape index (κ1) is 10.9. The third kappa shape index (κ3) is 2.30. The molecule has 2 rings (SSSR count). The van der Waals surface area contributed by atoms with E-state index in [2.05, 4.69) is 15.9 Å². The van der Waals surface area contributed by atoms with Crippen molar-refractivity contribution in [1.82, 2.24) is 0 Å². The Bertz CT molecular complexity index is 325. The van der Waals surface area contributed by atoms with E-state index in [0.717, 1.165) is 5.56 Å². The van der Waals surface area contributed by atoms with Crippen LogP contribution in [0.2, 0.25) is 0 Å². The molecule has 0 aliphatic carbocycles. The number of hydrogen-bond acceptors (Lipinski definition) is 2. The Morgan fingerprint density at radius 3 is 2.20 bits per heavy atom. The molecule has 1 heterocycles. The smallest absolute Gasteiger partial charge is 0.205 e. The second-order valence-corrected chi connectivity index (χ2v) is 3.91. The summed E-state index contributed by atoms with van der Waals surface area (Å²) < 4.78 is 11.5. The summed E-state index contributed by atoms with van der Waals surface area (Å²) in [7, 11) is 0. The van der Waals surface area contributed by atoms with Gasteiger partial charge in [-0.15, -0.1) is 0 Å². The lowest BCUT2D eigenvalue weighted by atomic mass is 10.1. The highest BCUT2D eigenvalue weighted by atomic mass is 79.9. The van der Waals surface area contributed by atoms with Crippen molar-refractivity contribution in [3.8, 4) is 0 Å². The molecular weight excluding hydrogens is 256 g/mol. The van der Waals surface area contributed by atoms with Crippen LogP contribution < -0.4 is 0 Å². The van der Waals surface area contributed by atoms with Gasteiger partial charge in [-0.3, -0.25) is 0 Å². The summed E-state index contributed by atoms with van der Waals surface area (Å²) in [5, 5.41) is 0.631. The number of benzene rings is 1. The average molecular weight is 269 g/mol. The maximum Gasteiger partial charge on any atom is 0.205 e. The first-order chi connectivity index (χ1) is 7.37. The van der Waals surface area contributed by atoms with Crippen LogP contribution in [0.25, 0.3) is 0 Å². The van der Waals surface area contributed by atoms with Gasteiger partial charge in [0.15, 0.2) is 0 Å². The predicted molar refractivity (Wildman–Crippen MR) is 63.0 cm³/mol. The lowest BCUT2D eigenvalue weighted by Crippen LogP contribution is -2.34. The fourth-order valence-electron chi connectivity index (χ4n) is 1.56. The lowest BCUT2D eigenvalue weighted by molar-refractivity contribution is -0.213. The largest absolute Gasteiger partial charge is 0.341 e. The summed E-state index contributed by atoms with van der Waals surface area (Å²) in [5.41, 5.74) is 1.05. The molecule has 0 bridgehead atoms. The molecule has 0 aromatic heterocycles. The molecule has 0 N–H and O–H groups in total. The average Bonchev–Trinajstić information content (AvgIpc) is 2.56. The van der Waals surface area contributed by atoms with Crippen molar-refractivity contribution in [2.45, 2.75) is 5.79 Å². The van der Waals surface area contributed by atoms with Gasteiger partial charge in [0.1, 0.15) is 0 Å². The number of rotatable bonds is 2. The molecule has 1 aliphatic heterocycles. The lowest BCUT2D eigenvalue weighted by Gasteiger charge is -2.30. The van der Waals surface area contributed by atoms with E-state index >= 15 is 0 Å². The van der Waals surface area contributed by atoms with Crippen LogP contribution in [-0.2, 0) is 15.3 Å². The zero-order valence-electron chi connectivity index (χ0n) is 8.36. The maximum atomic E-state index is 5.77. The SMILES string of the molecule is BrCC1(c2ccccc2)OCC=CCO1. The molecule has 1 aromatic carbocycles. The van der Waals surface area contributed by atoms with Crippen LogP contribution in [0.5, 0.6) is 0 Å². The quantitative estimate of drug-likeness (QED) is 0.607. The Hall–Kier alpha value is -0.640. The molecule has 0 radical (unpaired) electrons. The van der Waals surface area contributed by atoms with E-state index in [4.69, 9.17) is 9.47 Å². The predicted octanol–water partition coefficient (Wildman–Crippen LogP) is 2.84. The van der Waals surface area contributed by atoms with Crippen LogP contribution in [0, 0.1) is 0 Å². The van der Waals surface area contributed by atoms with Crippen molar-refractivity contribution in [2.75, 3.05) is 18.5 Å². The van der Waals surface area contributed by atoms with Gasteiger partial charge >= 0.3 is 0 Å². The van der Waals surface area contributed by atoms with E-state index in [-0.39, 0.29) is 0 Å². The molecular formula is C12H13BrO2. The molecule has 2 nitrogen and oxygen atoms in total. The van der Waals surface area contributed by atoms with Crippen molar-refractivity contribution >= 4 is 15.9 Å². The third-order valence-corrected chi connectivity index (χ3v) is 3.12. The second-order valence-electron chi connectivity index (χ2n) is 3.35. The van der Waals surface area contributed by atoms with Gasteiger partial charge in [-0.25, -0.2) is 0 Å². The van der Waals surface area contributed by atoms with Gasteiger partial charge in [0, 0.05) is 5.56 Å². The van der Waals surface area contributed by atoms with E-state index in [9.17, 15) is 0 Å². The van der Waals surface area contributed by atoms with Crippen LogP contribution in [0.3, 0.4) is 0 Å². The Labute approximate surface area is 98.0 Å². The van der Waals surface area contributed by atoms with Crippen molar-refractivity contribution in [2.24, 2.45) is 0 Å². The zero-order valence-corrected chi connectivity index (χ0v) is 9.94. The standard InChI is InChI=1S/C12H13BrO2/c13-10-12(11-6-2-1-3-7-11)14-8-4-5-9-15-12/h1-7H,8-10H2. The Kier molecular flexibility index (Phi) is 3.57. The second kappa shape index (κ2) is 4.92. The van der Waals surface area contributed by atoms with Gasteiger partial charge in [0.25, 0.3) is 0 Å². The van der Waals surface area contributed by atoms with Crippen LogP contribution in [-0.4, -0.2) is 18.5 Å². The molecule has 0 saturated carbocycles. The monoisotopic (exact) mass is 268 g/mol. The molecule has 0 fully saturated rings. The van der Waals surface area contributed by atoms with E-state index in [1.165, 1.54) is 0 Å². The molecule has 1 aliphatic rings. The fourth-order valence-corrected chi connectivity index (χ4v) is 2.20. The molecule has 3 heteroatoms. The molecule has 0 spiro atoms. The van der Waals surface area contributed by atoms with Crippen molar-refractivity contribution in [3.05, 3.63) is 48.0 Å². The number of ether oxygens (including phenoxy) is 2. The van der Waals surface area contributed by atoms with Crippen molar-refractivity contribution in [3.63, 3.8) is 0 Å². The third-order valence-electron chi connectivity index (χ3n) is 2.38. The summed E-state index contributed by atoms with van der Waals surface area (Å²) in [5.74, 6) is -0.648. The van der Waals surface area contributed by atoms with Gasteiger partial charge in [-0.1, -0.05) is 58.4 Å². The summed E-state index contributed by atoms with van der Waals surface area (Å²) in [6, 6.07) is 10.0. The van der Waals surface area contributed by atoms with Gasteiger partial charge in [-0.2, -0.15) is 0 Å². The fraction of sp³-hybridized carbons (Fsp3) is 0.333. The van der Waals surface area contributed by atoms with Crippen LogP contribution in [0.4, 0.5) is 0 Å². The number of hydrogen-bond donors (Lipinski definition) is 0.